The van der Waals surface area contributed by atoms with Crippen LogP contribution in [0.3, 0.4) is 0 Å². The van der Waals surface area contributed by atoms with Gasteiger partial charge in [-0.3, -0.25) is 18.7 Å². The van der Waals surface area contributed by atoms with Gasteiger partial charge < -0.3 is 15.4 Å². The fourth-order valence-electron chi connectivity index (χ4n) is 2.32. The first-order valence-corrected chi connectivity index (χ1v) is 7.68. The number of carbonyl (C=O) groups is 2. The van der Waals surface area contributed by atoms with E-state index >= 15 is 0 Å². The van der Waals surface area contributed by atoms with E-state index in [9.17, 15) is 19.2 Å². The molecule has 2 aromatic rings. The Morgan fingerprint density at radius 2 is 1.81 bits per heavy atom. The van der Waals surface area contributed by atoms with E-state index in [2.05, 4.69) is 0 Å². The van der Waals surface area contributed by atoms with Crippen molar-refractivity contribution in [3.05, 3.63) is 56.2 Å². The lowest BCUT2D eigenvalue weighted by Crippen LogP contribution is -2.42. The van der Waals surface area contributed by atoms with Crippen LogP contribution in [0.25, 0.3) is 0 Å². The molecule has 0 spiro atoms. The number of benzene rings is 1. The minimum atomic E-state index is -0.832. The standard InChI is InChI=1S/C17H20N4O5/c1-19(2)11-7-5-6-10(8-11)16(24)26-9-12(22)13-14(18)20(3)17(25)21(4)15(13)23/h5-8H,9,18H2,1-4H3. The van der Waals surface area contributed by atoms with E-state index in [1.54, 1.807) is 18.2 Å². The third kappa shape index (κ3) is 3.51. The summed E-state index contributed by atoms with van der Waals surface area (Å²) in [4.78, 5) is 50.2. The quantitative estimate of drug-likeness (QED) is 0.578. The van der Waals surface area contributed by atoms with Crippen LogP contribution in [0.4, 0.5) is 11.5 Å². The first kappa shape index (κ1) is 19.0. The number of aromatic nitrogens is 2. The summed E-state index contributed by atoms with van der Waals surface area (Å²) in [5.74, 6) is -1.76. The van der Waals surface area contributed by atoms with Crippen molar-refractivity contribution in [2.75, 3.05) is 31.3 Å². The Bertz CT molecular complexity index is 988. The molecule has 0 radical (unpaired) electrons. The van der Waals surface area contributed by atoms with Gasteiger partial charge in [0.05, 0.1) is 5.56 Å². The Hall–Kier alpha value is -3.36. The second-order valence-corrected chi connectivity index (χ2v) is 5.91. The van der Waals surface area contributed by atoms with Crippen LogP contribution >= 0.6 is 0 Å². The van der Waals surface area contributed by atoms with Crippen LogP contribution in [0, 0.1) is 0 Å². The van der Waals surface area contributed by atoms with Crippen LogP contribution in [0.15, 0.2) is 33.9 Å². The number of ketones is 1. The maximum atomic E-state index is 12.3. The summed E-state index contributed by atoms with van der Waals surface area (Å²) < 4.78 is 6.75. The van der Waals surface area contributed by atoms with Gasteiger partial charge in [0.1, 0.15) is 11.4 Å². The van der Waals surface area contributed by atoms with Crippen LogP contribution in [0.1, 0.15) is 20.7 Å². The molecule has 1 aromatic heterocycles. The minimum Gasteiger partial charge on any atom is -0.454 e. The molecule has 0 fully saturated rings. The highest BCUT2D eigenvalue weighted by Gasteiger charge is 2.21. The zero-order chi connectivity index (χ0) is 19.6. The molecule has 2 N–H and O–H groups in total. The zero-order valence-electron chi connectivity index (χ0n) is 15.0. The molecule has 138 valence electrons. The van der Waals surface area contributed by atoms with Gasteiger partial charge in [0.2, 0.25) is 5.78 Å². The molecule has 1 aromatic carbocycles. The first-order chi connectivity index (χ1) is 12.1. The first-order valence-electron chi connectivity index (χ1n) is 7.68. The molecule has 0 aliphatic carbocycles. The lowest BCUT2D eigenvalue weighted by Gasteiger charge is -2.13. The van der Waals surface area contributed by atoms with Gasteiger partial charge in [0.15, 0.2) is 6.61 Å². The van der Waals surface area contributed by atoms with Crippen LogP contribution in [0.5, 0.6) is 0 Å². The molecule has 1 heterocycles. The molecule has 0 aliphatic rings. The SMILES string of the molecule is CN(C)c1cccc(C(=O)OCC(=O)c2c(N)n(C)c(=O)n(C)c2=O)c1. The number of rotatable bonds is 5. The highest BCUT2D eigenvalue weighted by atomic mass is 16.5. The van der Waals surface area contributed by atoms with E-state index in [4.69, 9.17) is 10.5 Å². The lowest BCUT2D eigenvalue weighted by atomic mass is 10.2. The average molecular weight is 360 g/mol. The molecule has 0 bridgehead atoms. The summed E-state index contributed by atoms with van der Waals surface area (Å²) in [6.45, 7) is -0.664. The van der Waals surface area contributed by atoms with Crippen molar-refractivity contribution < 1.29 is 14.3 Å². The minimum absolute atomic E-state index is 0.269. The van der Waals surface area contributed by atoms with E-state index in [0.717, 1.165) is 14.8 Å². The normalized spacial score (nSPS) is 10.5. The van der Waals surface area contributed by atoms with Crippen molar-refractivity contribution >= 4 is 23.3 Å². The smallest absolute Gasteiger partial charge is 0.338 e. The van der Waals surface area contributed by atoms with Crippen LogP contribution in [0.2, 0.25) is 0 Å². The third-order valence-electron chi connectivity index (χ3n) is 3.92. The molecule has 0 atom stereocenters. The number of carbonyl (C=O) groups excluding carboxylic acids is 2. The van der Waals surface area contributed by atoms with Crippen molar-refractivity contribution in [1.82, 2.24) is 9.13 Å². The molecule has 0 saturated heterocycles. The van der Waals surface area contributed by atoms with Crippen molar-refractivity contribution in [2.45, 2.75) is 0 Å². The molecule has 9 nitrogen and oxygen atoms in total. The maximum absolute atomic E-state index is 12.3. The Labute approximate surface area is 149 Å². The predicted octanol–water partition coefficient (Wildman–Crippen LogP) is -0.228. The van der Waals surface area contributed by atoms with Gasteiger partial charge in [0, 0.05) is 33.9 Å². The zero-order valence-corrected chi connectivity index (χ0v) is 15.0. The van der Waals surface area contributed by atoms with E-state index in [-0.39, 0.29) is 16.9 Å². The summed E-state index contributed by atoms with van der Waals surface area (Å²) in [5, 5.41) is 0. The fraction of sp³-hybridized carbons (Fsp3) is 0.294. The van der Waals surface area contributed by atoms with Gasteiger partial charge in [-0.2, -0.15) is 0 Å². The number of nitrogen functional groups attached to an aromatic ring is 1. The van der Waals surface area contributed by atoms with Crippen LogP contribution in [-0.4, -0.2) is 41.6 Å². The van der Waals surface area contributed by atoms with Crippen molar-refractivity contribution in [2.24, 2.45) is 14.1 Å². The predicted molar refractivity (Wildman–Crippen MR) is 96.7 cm³/mol. The second kappa shape index (κ2) is 7.26. The molecule has 26 heavy (non-hydrogen) atoms. The Kier molecular flexibility index (Phi) is 5.30. The third-order valence-corrected chi connectivity index (χ3v) is 3.92. The number of esters is 1. The number of nitrogens with zero attached hydrogens (tertiary/aromatic N) is 3. The Balaban J connectivity index is 2.22. The number of ether oxygens (including phenoxy) is 1. The van der Waals surface area contributed by atoms with Crippen LogP contribution < -0.4 is 21.9 Å². The average Bonchev–Trinajstić information content (AvgIpc) is 2.63. The topological polar surface area (TPSA) is 117 Å². The van der Waals surface area contributed by atoms with Crippen molar-refractivity contribution in [3.63, 3.8) is 0 Å². The second-order valence-electron chi connectivity index (χ2n) is 5.91. The Morgan fingerprint density at radius 3 is 2.42 bits per heavy atom. The number of hydrogen-bond acceptors (Lipinski definition) is 7. The summed E-state index contributed by atoms with van der Waals surface area (Å²) >= 11 is 0. The molecule has 0 unspecified atom stereocenters. The lowest BCUT2D eigenvalue weighted by molar-refractivity contribution is 0.0474. The Morgan fingerprint density at radius 1 is 1.15 bits per heavy atom. The van der Waals surface area contributed by atoms with Gasteiger partial charge >= 0.3 is 11.7 Å². The highest BCUT2D eigenvalue weighted by Crippen LogP contribution is 2.14. The van der Waals surface area contributed by atoms with Crippen molar-refractivity contribution in [3.8, 4) is 0 Å². The number of Topliss-reactive ketones (excluding diaryl/α,β-unsaturated/α-hetero) is 1. The van der Waals surface area contributed by atoms with Crippen LogP contribution in [-0.2, 0) is 18.8 Å². The van der Waals surface area contributed by atoms with Crippen molar-refractivity contribution in [1.29, 1.82) is 0 Å². The molecule has 0 aliphatic heterocycles. The van der Waals surface area contributed by atoms with Gasteiger partial charge in [-0.15, -0.1) is 0 Å². The van der Waals surface area contributed by atoms with Gasteiger partial charge in [-0.25, -0.2) is 9.59 Å². The van der Waals surface area contributed by atoms with Gasteiger partial charge in [-0.05, 0) is 18.2 Å². The molecule has 9 heteroatoms. The fourth-order valence-corrected chi connectivity index (χ4v) is 2.32. The number of anilines is 2. The summed E-state index contributed by atoms with van der Waals surface area (Å²) in [6, 6.07) is 6.68. The molecular weight excluding hydrogens is 340 g/mol. The summed E-state index contributed by atoms with van der Waals surface area (Å²) in [7, 11) is 6.23. The number of hydrogen-bond donors (Lipinski definition) is 1. The van der Waals surface area contributed by atoms with Gasteiger partial charge in [0.25, 0.3) is 5.56 Å². The van der Waals surface area contributed by atoms with E-state index in [0.29, 0.717) is 0 Å². The van der Waals surface area contributed by atoms with E-state index in [1.807, 2.05) is 25.1 Å². The molecular formula is C17H20N4O5. The molecule has 0 amide bonds. The summed E-state index contributed by atoms with van der Waals surface area (Å²) in [6.07, 6.45) is 0. The van der Waals surface area contributed by atoms with E-state index < -0.39 is 29.6 Å². The largest absolute Gasteiger partial charge is 0.454 e. The maximum Gasteiger partial charge on any atom is 0.338 e. The van der Waals surface area contributed by atoms with E-state index in [1.165, 1.54) is 14.1 Å². The monoisotopic (exact) mass is 360 g/mol. The summed E-state index contributed by atoms with van der Waals surface area (Å²) in [5.41, 5.74) is 4.90. The number of nitrogens with two attached hydrogens (primary N) is 1. The molecule has 2 rings (SSSR count). The highest BCUT2D eigenvalue weighted by molar-refractivity contribution is 6.02. The van der Waals surface area contributed by atoms with Gasteiger partial charge in [-0.1, -0.05) is 6.07 Å². The molecule has 0 saturated carbocycles.